The SMILES string of the molecule is CCC(O)OCCC[SiH2]C(O)O. The summed E-state index contributed by atoms with van der Waals surface area (Å²) in [5, 5.41) is 26.0. The molecule has 0 aromatic rings. The smallest absolute Gasteiger partial charge is 0.154 e. The van der Waals surface area contributed by atoms with Gasteiger partial charge in [-0.15, -0.1) is 0 Å². The molecule has 1 atom stereocenters. The summed E-state index contributed by atoms with van der Waals surface area (Å²) in [4.78, 5) is 0. The van der Waals surface area contributed by atoms with Gasteiger partial charge in [-0.1, -0.05) is 13.0 Å². The van der Waals surface area contributed by atoms with E-state index in [9.17, 15) is 0 Å². The first kappa shape index (κ1) is 12.1. The molecule has 0 rings (SSSR count). The molecule has 0 amide bonds. The number of aliphatic hydroxyl groups is 3. The van der Waals surface area contributed by atoms with E-state index in [0.717, 1.165) is 12.5 Å². The lowest BCUT2D eigenvalue weighted by Crippen LogP contribution is -2.16. The van der Waals surface area contributed by atoms with Gasteiger partial charge < -0.3 is 20.1 Å². The largest absolute Gasteiger partial charge is 0.373 e. The van der Waals surface area contributed by atoms with Crippen molar-refractivity contribution in [2.75, 3.05) is 6.61 Å². The molecule has 0 spiro atoms. The molecular formula is C7H18O4Si. The Labute approximate surface area is 75.0 Å². The molecule has 0 saturated carbocycles. The Balaban J connectivity index is 3.00. The van der Waals surface area contributed by atoms with E-state index >= 15 is 0 Å². The van der Waals surface area contributed by atoms with Crippen LogP contribution in [0.3, 0.4) is 0 Å². The molecule has 4 nitrogen and oxygen atoms in total. The highest BCUT2D eigenvalue weighted by Gasteiger charge is 2.01. The molecule has 0 heterocycles. The van der Waals surface area contributed by atoms with Crippen molar-refractivity contribution in [2.24, 2.45) is 0 Å². The van der Waals surface area contributed by atoms with E-state index in [1.807, 2.05) is 6.92 Å². The second-order valence-corrected chi connectivity index (χ2v) is 4.72. The van der Waals surface area contributed by atoms with Crippen LogP contribution in [0.2, 0.25) is 6.04 Å². The molecule has 5 heteroatoms. The standard InChI is InChI=1S/C7H18O4Si/c1-2-6(8)11-4-3-5-12-7(9)10/h6-10H,2-5,12H2,1H3. The van der Waals surface area contributed by atoms with Crippen LogP contribution in [-0.2, 0) is 4.74 Å². The molecule has 0 fully saturated rings. The third kappa shape index (κ3) is 8.16. The number of aliphatic hydroxyl groups excluding tert-OH is 2. The zero-order valence-corrected chi connectivity index (χ0v) is 8.85. The predicted molar refractivity (Wildman–Crippen MR) is 48.4 cm³/mol. The fraction of sp³-hybridized carbons (Fsp3) is 1.00. The fourth-order valence-corrected chi connectivity index (χ4v) is 1.62. The summed E-state index contributed by atoms with van der Waals surface area (Å²) in [6.07, 6.45) is 0.742. The Morgan fingerprint density at radius 3 is 2.50 bits per heavy atom. The van der Waals surface area contributed by atoms with Crippen molar-refractivity contribution in [3.05, 3.63) is 0 Å². The van der Waals surface area contributed by atoms with Gasteiger partial charge in [0.1, 0.15) is 5.91 Å². The van der Waals surface area contributed by atoms with Crippen LogP contribution in [0.4, 0.5) is 0 Å². The predicted octanol–water partition coefficient (Wildman–Crippen LogP) is -1.02. The van der Waals surface area contributed by atoms with E-state index in [2.05, 4.69) is 0 Å². The lowest BCUT2D eigenvalue weighted by Gasteiger charge is -2.08. The lowest BCUT2D eigenvalue weighted by molar-refractivity contribution is -0.0997. The fourth-order valence-electron chi connectivity index (χ4n) is 0.766. The zero-order chi connectivity index (χ0) is 9.40. The minimum Gasteiger partial charge on any atom is -0.373 e. The van der Waals surface area contributed by atoms with E-state index < -0.39 is 21.7 Å². The van der Waals surface area contributed by atoms with Crippen LogP contribution < -0.4 is 0 Å². The van der Waals surface area contributed by atoms with Crippen molar-refractivity contribution in [3.63, 3.8) is 0 Å². The van der Waals surface area contributed by atoms with Gasteiger partial charge in [-0.25, -0.2) is 0 Å². The van der Waals surface area contributed by atoms with Crippen molar-refractivity contribution >= 4 is 9.52 Å². The molecule has 12 heavy (non-hydrogen) atoms. The second kappa shape index (κ2) is 7.69. The molecule has 1 unspecified atom stereocenters. The summed E-state index contributed by atoms with van der Waals surface area (Å²) >= 11 is 0. The normalized spacial score (nSPS) is 14.8. The number of hydrogen-bond donors (Lipinski definition) is 3. The Bertz CT molecular complexity index is 99.4. The summed E-state index contributed by atoms with van der Waals surface area (Å²) < 4.78 is 4.99. The van der Waals surface area contributed by atoms with Crippen LogP contribution >= 0.6 is 0 Å². The number of hydrogen-bond acceptors (Lipinski definition) is 4. The van der Waals surface area contributed by atoms with Gasteiger partial charge in [0.05, 0.1) is 9.52 Å². The highest BCUT2D eigenvalue weighted by molar-refractivity contribution is 6.36. The van der Waals surface area contributed by atoms with Crippen LogP contribution in [0, 0.1) is 0 Å². The first-order chi connectivity index (χ1) is 5.66. The van der Waals surface area contributed by atoms with Crippen LogP contribution in [0.15, 0.2) is 0 Å². The summed E-state index contributed by atoms with van der Waals surface area (Å²) in [6.45, 7) is 2.35. The average molecular weight is 194 g/mol. The summed E-state index contributed by atoms with van der Waals surface area (Å²) in [5.41, 5.74) is 0. The highest BCUT2D eigenvalue weighted by Crippen LogP contribution is 1.97. The topological polar surface area (TPSA) is 69.9 Å². The van der Waals surface area contributed by atoms with Gasteiger partial charge in [-0.3, -0.25) is 0 Å². The van der Waals surface area contributed by atoms with Crippen LogP contribution in [0.1, 0.15) is 19.8 Å². The minimum absolute atomic E-state index is 0.509. The second-order valence-electron chi connectivity index (χ2n) is 2.71. The maximum Gasteiger partial charge on any atom is 0.154 e. The van der Waals surface area contributed by atoms with E-state index in [4.69, 9.17) is 20.1 Å². The molecule has 0 aliphatic heterocycles. The van der Waals surface area contributed by atoms with Gasteiger partial charge in [-0.2, -0.15) is 0 Å². The van der Waals surface area contributed by atoms with Gasteiger partial charge >= 0.3 is 0 Å². The van der Waals surface area contributed by atoms with E-state index in [1.54, 1.807) is 0 Å². The van der Waals surface area contributed by atoms with Gasteiger partial charge in [0.25, 0.3) is 0 Å². The first-order valence-corrected chi connectivity index (χ1v) is 6.14. The minimum atomic E-state index is -1.08. The zero-order valence-electron chi connectivity index (χ0n) is 7.44. The van der Waals surface area contributed by atoms with Crippen LogP contribution in [0.5, 0.6) is 0 Å². The monoisotopic (exact) mass is 194 g/mol. The summed E-state index contributed by atoms with van der Waals surface area (Å²) in [6, 6.07) is 0.841. The molecule has 0 bridgehead atoms. The average Bonchev–Trinajstić information content (AvgIpc) is 2.03. The number of ether oxygens (including phenoxy) is 1. The molecule has 0 aliphatic carbocycles. The first-order valence-electron chi connectivity index (χ1n) is 4.32. The molecular weight excluding hydrogens is 176 g/mol. The quantitative estimate of drug-likeness (QED) is 0.275. The molecule has 0 radical (unpaired) electrons. The Morgan fingerprint density at radius 1 is 1.33 bits per heavy atom. The van der Waals surface area contributed by atoms with Gasteiger partial charge in [0, 0.05) is 6.61 Å². The molecule has 0 aliphatic rings. The number of rotatable bonds is 7. The lowest BCUT2D eigenvalue weighted by atomic mass is 10.4. The van der Waals surface area contributed by atoms with Crippen molar-refractivity contribution < 1.29 is 20.1 Å². The summed E-state index contributed by atoms with van der Waals surface area (Å²) in [7, 11) is -0.756. The van der Waals surface area contributed by atoms with Crippen LogP contribution in [0.25, 0.3) is 0 Å². The third-order valence-corrected chi connectivity index (χ3v) is 2.94. The van der Waals surface area contributed by atoms with Crippen molar-refractivity contribution in [3.8, 4) is 0 Å². The van der Waals surface area contributed by atoms with E-state index in [0.29, 0.717) is 13.0 Å². The molecule has 0 aromatic heterocycles. The Kier molecular flexibility index (Phi) is 7.73. The highest BCUT2D eigenvalue weighted by atomic mass is 28.2. The van der Waals surface area contributed by atoms with Gasteiger partial charge in [0.15, 0.2) is 6.29 Å². The summed E-state index contributed by atoms with van der Waals surface area (Å²) in [5.74, 6) is -1.08. The maximum atomic E-state index is 8.96. The molecule has 0 aromatic carbocycles. The van der Waals surface area contributed by atoms with E-state index in [-0.39, 0.29) is 0 Å². The third-order valence-electron chi connectivity index (χ3n) is 1.52. The Hall–Kier alpha value is 0.0569. The van der Waals surface area contributed by atoms with E-state index in [1.165, 1.54) is 0 Å². The van der Waals surface area contributed by atoms with Gasteiger partial charge in [-0.05, 0) is 12.8 Å². The molecule has 74 valence electrons. The molecule has 3 N–H and O–H groups in total. The van der Waals surface area contributed by atoms with Crippen molar-refractivity contribution in [2.45, 2.75) is 38.0 Å². The van der Waals surface area contributed by atoms with Crippen molar-refractivity contribution in [1.82, 2.24) is 0 Å². The van der Waals surface area contributed by atoms with Crippen molar-refractivity contribution in [1.29, 1.82) is 0 Å². The van der Waals surface area contributed by atoms with Gasteiger partial charge in [0.2, 0.25) is 0 Å². The Morgan fingerprint density at radius 2 is 2.00 bits per heavy atom. The molecule has 0 saturated heterocycles. The van der Waals surface area contributed by atoms with Crippen LogP contribution in [-0.4, -0.2) is 43.6 Å². The maximum absolute atomic E-state index is 8.96.